The van der Waals surface area contributed by atoms with Gasteiger partial charge in [0.1, 0.15) is 0 Å². The fourth-order valence-electron chi connectivity index (χ4n) is 1.73. The number of rotatable bonds is 5. The SMILES string of the molecule is Cc1nn(C)cc1CN(C)C[C@H](N)C(C)C. The molecule has 0 spiro atoms. The number of nitrogens with zero attached hydrogens (tertiary/aromatic N) is 3. The second-order valence-corrected chi connectivity index (χ2v) is 5.02. The van der Waals surface area contributed by atoms with Gasteiger partial charge in [-0.3, -0.25) is 4.68 Å². The minimum absolute atomic E-state index is 0.238. The molecular weight excluding hydrogens is 200 g/mol. The number of nitrogens with two attached hydrogens (primary N) is 1. The van der Waals surface area contributed by atoms with Gasteiger partial charge >= 0.3 is 0 Å². The first kappa shape index (κ1) is 13.2. The van der Waals surface area contributed by atoms with Crippen molar-refractivity contribution < 1.29 is 0 Å². The van der Waals surface area contributed by atoms with Gasteiger partial charge in [0, 0.05) is 37.9 Å². The summed E-state index contributed by atoms with van der Waals surface area (Å²) < 4.78 is 1.86. The lowest BCUT2D eigenvalue weighted by Gasteiger charge is -2.23. The van der Waals surface area contributed by atoms with E-state index in [4.69, 9.17) is 5.73 Å². The zero-order chi connectivity index (χ0) is 12.3. The van der Waals surface area contributed by atoms with E-state index in [2.05, 4.69) is 37.1 Å². The predicted octanol–water partition coefficient (Wildman–Crippen LogP) is 1.14. The van der Waals surface area contributed by atoms with Crippen LogP contribution in [0.15, 0.2) is 6.20 Å². The fourth-order valence-corrected chi connectivity index (χ4v) is 1.73. The summed E-state index contributed by atoms with van der Waals surface area (Å²) in [6, 6.07) is 0.238. The summed E-state index contributed by atoms with van der Waals surface area (Å²) in [7, 11) is 4.06. The lowest BCUT2D eigenvalue weighted by molar-refractivity contribution is 0.276. The quantitative estimate of drug-likeness (QED) is 0.816. The van der Waals surface area contributed by atoms with Crippen molar-refractivity contribution in [2.75, 3.05) is 13.6 Å². The summed E-state index contributed by atoms with van der Waals surface area (Å²) in [5, 5.41) is 4.34. The predicted molar refractivity (Wildman–Crippen MR) is 67.1 cm³/mol. The third kappa shape index (κ3) is 3.61. The number of aryl methyl sites for hydroxylation is 2. The topological polar surface area (TPSA) is 47.1 Å². The van der Waals surface area contributed by atoms with Crippen molar-refractivity contribution in [3.63, 3.8) is 0 Å². The summed E-state index contributed by atoms with van der Waals surface area (Å²) in [5.41, 5.74) is 8.43. The zero-order valence-electron chi connectivity index (χ0n) is 11.1. The first-order chi connectivity index (χ1) is 7.40. The van der Waals surface area contributed by atoms with Gasteiger partial charge in [-0.1, -0.05) is 13.8 Å². The van der Waals surface area contributed by atoms with Gasteiger partial charge in [-0.25, -0.2) is 0 Å². The molecule has 0 fully saturated rings. The molecule has 0 aliphatic rings. The van der Waals surface area contributed by atoms with Crippen LogP contribution in [0.25, 0.3) is 0 Å². The van der Waals surface area contributed by atoms with Gasteiger partial charge in [-0.2, -0.15) is 5.10 Å². The van der Waals surface area contributed by atoms with E-state index in [1.54, 1.807) is 0 Å². The largest absolute Gasteiger partial charge is 0.326 e. The Balaban J connectivity index is 2.51. The van der Waals surface area contributed by atoms with Crippen molar-refractivity contribution in [1.29, 1.82) is 0 Å². The Kier molecular flexibility index (Phi) is 4.50. The summed E-state index contributed by atoms with van der Waals surface area (Å²) in [6.07, 6.45) is 2.08. The molecule has 2 N–H and O–H groups in total. The zero-order valence-corrected chi connectivity index (χ0v) is 11.1. The van der Waals surface area contributed by atoms with Gasteiger partial charge in [0.05, 0.1) is 5.69 Å². The molecule has 1 atom stereocenters. The fraction of sp³-hybridized carbons (Fsp3) is 0.750. The van der Waals surface area contributed by atoms with Crippen LogP contribution in [-0.4, -0.2) is 34.3 Å². The van der Waals surface area contributed by atoms with Gasteiger partial charge in [0.15, 0.2) is 0 Å². The van der Waals surface area contributed by atoms with E-state index in [0.717, 1.165) is 18.8 Å². The maximum atomic E-state index is 6.05. The van der Waals surface area contributed by atoms with Gasteiger partial charge in [0.2, 0.25) is 0 Å². The van der Waals surface area contributed by atoms with E-state index in [-0.39, 0.29) is 6.04 Å². The van der Waals surface area contributed by atoms with Crippen LogP contribution in [0.5, 0.6) is 0 Å². The third-order valence-corrected chi connectivity index (χ3v) is 2.93. The lowest BCUT2D eigenvalue weighted by Crippen LogP contribution is -2.38. The van der Waals surface area contributed by atoms with Gasteiger partial charge in [-0.15, -0.1) is 0 Å². The molecular formula is C12H24N4. The molecule has 0 aliphatic carbocycles. The van der Waals surface area contributed by atoms with Crippen LogP contribution in [0, 0.1) is 12.8 Å². The molecule has 4 nitrogen and oxygen atoms in total. The summed E-state index contributed by atoms with van der Waals surface area (Å²) in [6.45, 7) is 8.21. The average molecular weight is 224 g/mol. The highest BCUT2D eigenvalue weighted by Gasteiger charge is 2.12. The number of aromatic nitrogens is 2. The first-order valence-electron chi connectivity index (χ1n) is 5.83. The molecule has 0 amide bonds. The average Bonchev–Trinajstić information content (AvgIpc) is 2.44. The van der Waals surface area contributed by atoms with Crippen LogP contribution in [0.4, 0.5) is 0 Å². The second kappa shape index (κ2) is 5.46. The van der Waals surface area contributed by atoms with Crippen LogP contribution >= 0.6 is 0 Å². The van der Waals surface area contributed by atoms with E-state index in [1.807, 2.05) is 18.7 Å². The molecule has 92 valence electrons. The normalized spacial score (nSPS) is 13.8. The Morgan fingerprint density at radius 2 is 2.12 bits per heavy atom. The van der Waals surface area contributed by atoms with E-state index in [9.17, 15) is 0 Å². The number of hydrogen-bond acceptors (Lipinski definition) is 3. The summed E-state index contributed by atoms with van der Waals surface area (Å²) in [5.74, 6) is 0.525. The molecule has 1 heterocycles. The van der Waals surface area contributed by atoms with E-state index < -0.39 is 0 Å². The molecule has 0 aliphatic heterocycles. The number of hydrogen-bond donors (Lipinski definition) is 1. The van der Waals surface area contributed by atoms with Gasteiger partial charge in [0.25, 0.3) is 0 Å². The monoisotopic (exact) mass is 224 g/mol. The molecule has 1 aromatic rings. The molecule has 1 rings (SSSR count). The second-order valence-electron chi connectivity index (χ2n) is 5.02. The third-order valence-electron chi connectivity index (χ3n) is 2.93. The highest BCUT2D eigenvalue weighted by atomic mass is 15.3. The Bertz CT molecular complexity index is 330. The van der Waals surface area contributed by atoms with Crippen LogP contribution in [-0.2, 0) is 13.6 Å². The van der Waals surface area contributed by atoms with E-state index in [1.165, 1.54) is 5.56 Å². The first-order valence-corrected chi connectivity index (χ1v) is 5.83. The Morgan fingerprint density at radius 3 is 2.56 bits per heavy atom. The maximum absolute atomic E-state index is 6.05. The molecule has 0 bridgehead atoms. The molecule has 0 aromatic carbocycles. The van der Waals surface area contributed by atoms with Crippen molar-refractivity contribution in [3.8, 4) is 0 Å². The Labute approximate surface area is 98.4 Å². The molecule has 0 radical (unpaired) electrons. The van der Waals surface area contributed by atoms with Crippen molar-refractivity contribution in [1.82, 2.24) is 14.7 Å². The highest BCUT2D eigenvalue weighted by molar-refractivity contribution is 5.14. The molecule has 0 saturated carbocycles. The van der Waals surface area contributed by atoms with Crippen molar-refractivity contribution in [3.05, 3.63) is 17.5 Å². The smallest absolute Gasteiger partial charge is 0.0638 e. The molecule has 4 heteroatoms. The minimum atomic E-state index is 0.238. The Hall–Kier alpha value is -0.870. The van der Waals surface area contributed by atoms with Gasteiger partial charge < -0.3 is 10.6 Å². The van der Waals surface area contributed by atoms with Crippen LogP contribution in [0.3, 0.4) is 0 Å². The van der Waals surface area contributed by atoms with Crippen molar-refractivity contribution in [2.45, 2.75) is 33.4 Å². The summed E-state index contributed by atoms with van der Waals surface area (Å²) >= 11 is 0. The molecule has 16 heavy (non-hydrogen) atoms. The lowest BCUT2D eigenvalue weighted by atomic mass is 10.1. The molecule has 1 aromatic heterocycles. The highest BCUT2D eigenvalue weighted by Crippen LogP contribution is 2.09. The van der Waals surface area contributed by atoms with Crippen molar-refractivity contribution in [2.24, 2.45) is 18.7 Å². The van der Waals surface area contributed by atoms with Crippen molar-refractivity contribution >= 4 is 0 Å². The Morgan fingerprint density at radius 1 is 1.50 bits per heavy atom. The molecule has 0 unspecified atom stereocenters. The van der Waals surface area contributed by atoms with Crippen LogP contribution in [0.1, 0.15) is 25.1 Å². The van der Waals surface area contributed by atoms with Gasteiger partial charge in [-0.05, 0) is 19.9 Å². The summed E-state index contributed by atoms with van der Waals surface area (Å²) in [4.78, 5) is 2.26. The number of likely N-dealkylation sites (N-methyl/N-ethyl adjacent to an activating group) is 1. The van der Waals surface area contributed by atoms with Crippen LogP contribution < -0.4 is 5.73 Å². The van der Waals surface area contributed by atoms with Crippen LogP contribution in [0.2, 0.25) is 0 Å². The van der Waals surface area contributed by atoms with E-state index >= 15 is 0 Å². The van der Waals surface area contributed by atoms with E-state index in [0.29, 0.717) is 5.92 Å². The maximum Gasteiger partial charge on any atom is 0.0638 e. The minimum Gasteiger partial charge on any atom is -0.326 e. The standard InChI is InChI=1S/C12H24N4/c1-9(2)12(13)8-15(4)6-11-7-16(5)14-10(11)3/h7,9,12H,6,8,13H2,1-5H3/t12-/m0/s1. The molecule has 0 saturated heterocycles.